The highest BCUT2D eigenvalue weighted by atomic mass is 127. The number of carbonyl (C=O) groups excluding carboxylic acids is 1. The summed E-state index contributed by atoms with van der Waals surface area (Å²) in [5.74, 6) is 0.412. The molecule has 0 bridgehead atoms. The molecule has 0 atom stereocenters. The molecule has 2 rings (SSSR count). The lowest BCUT2D eigenvalue weighted by molar-refractivity contribution is 0.102. The van der Waals surface area contributed by atoms with Crippen molar-refractivity contribution in [1.82, 2.24) is 0 Å². The van der Waals surface area contributed by atoms with Gasteiger partial charge in [0.1, 0.15) is 0 Å². The molecule has 0 saturated carbocycles. The van der Waals surface area contributed by atoms with Crippen molar-refractivity contribution >= 4 is 34.2 Å². The number of carbonyl (C=O) groups is 1. The number of hydrogen-bond donors (Lipinski definition) is 1. The molecule has 0 radical (unpaired) electrons. The van der Waals surface area contributed by atoms with Crippen LogP contribution in [-0.4, -0.2) is 5.91 Å². The fourth-order valence-corrected chi connectivity index (χ4v) is 2.63. The average molecular weight is 379 g/mol. The highest BCUT2D eigenvalue weighted by Crippen LogP contribution is 2.19. The lowest BCUT2D eigenvalue weighted by atomic mass is 10.0. The van der Waals surface area contributed by atoms with Crippen LogP contribution in [0.1, 0.15) is 41.3 Å². The third kappa shape index (κ3) is 3.60. The third-order valence-corrected chi connectivity index (χ3v) is 3.95. The Balaban J connectivity index is 2.15. The van der Waals surface area contributed by atoms with E-state index in [-0.39, 0.29) is 5.91 Å². The van der Waals surface area contributed by atoms with Crippen molar-refractivity contribution in [3.8, 4) is 0 Å². The van der Waals surface area contributed by atoms with Crippen molar-refractivity contribution in [2.45, 2.75) is 26.7 Å². The van der Waals surface area contributed by atoms with E-state index < -0.39 is 0 Å². The number of benzene rings is 2. The SMILES string of the molecule is Cc1cc(I)ccc1NC(=O)c1ccc(C(C)C)cc1. The van der Waals surface area contributed by atoms with Gasteiger partial charge in [-0.1, -0.05) is 26.0 Å². The Hall–Kier alpha value is -1.36. The molecular formula is C17H18INO. The molecule has 104 valence electrons. The highest BCUT2D eigenvalue weighted by Gasteiger charge is 2.08. The summed E-state index contributed by atoms with van der Waals surface area (Å²) in [5.41, 5.74) is 3.87. The second kappa shape index (κ2) is 6.39. The lowest BCUT2D eigenvalue weighted by Crippen LogP contribution is -2.12. The molecule has 0 unspecified atom stereocenters. The maximum absolute atomic E-state index is 12.2. The van der Waals surface area contributed by atoms with Crippen LogP contribution in [0, 0.1) is 10.5 Å². The Morgan fingerprint density at radius 1 is 1.10 bits per heavy atom. The number of aryl methyl sites for hydroxylation is 1. The standard InChI is InChI=1S/C17H18INO/c1-11(2)13-4-6-14(7-5-13)17(20)19-16-9-8-15(18)10-12(16)3/h4-11H,1-3H3,(H,19,20). The van der Waals surface area contributed by atoms with Gasteiger partial charge in [-0.05, 0) is 76.9 Å². The first-order chi connectivity index (χ1) is 9.47. The molecule has 0 aliphatic heterocycles. The quantitative estimate of drug-likeness (QED) is 0.750. The van der Waals surface area contributed by atoms with Crippen molar-refractivity contribution in [2.24, 2.45) is 0 Å². The predicted molar refractivity (Wildman–Crippen MR) is 92.4 cm³/mol. The molecule has 0 spiro atoms. The molecule has 0 aliphatic carbocycles. The molecule has 2 nitrogen and oxygen atoms in total. The van der Waals surface area contributed by atoms with E-state index in [1.54, 1.807) is 0 Å². The van der Waals surface area contributed by atoms with Gasteiger partial charge < -0.3 is 5.32 Å². The van der Waals surface area contributed by atoms with Crippen LogP contribution in [0.3, 0.4) is 0 Å². The fraction of sp³-hybridized carbons (Fsp3) is 0.235. The van der Waals surface area contributed by atoms with Gasteiger partial charge in [-0.2, -0.15) is 0 Å². The number of hydrogen-bond acceptors (Lipinski definition) is 1. The monoisotopic (exact) mass is 379 g/mol. The summed E-state index contributed by atoms with van der Waals surface area (Å²) in [6, 6.07) is 13.8. The van der Waals surface area contributed by atoms with E-state index in [0.29, 0.717) is 11.5 Å². The topological polar surface area (TPSA) is 29.1 Å². The molecule has 0 aliphatic rings. The molecule has 0 saturated heterocycles. The van der Waals surface area contributed by atoms with Gasteiger partial charge in [0.2, 0.25) is 0 Å². The van der Waals surface area contributed by atoms with Gasteiger partial charge in [0.25, 0.3) is 5.91 Å². The maximum Gasteiger partial charge on any atom is 0.255 e. The van der Waals surface area contributed by atoms with Crippen molar-refractivity contribution in [3.63, 3.8) is 0 Å². The van der Waals surface area contributed by atoms with E-state index in [9.17, 15) is 4.79 Å². The zero-order valence-electron chi connectivity index (χ0n) is 11.9. The summed E-state index contributed by atoms with van der Waals surface area (Å²) < 4.78 is 1.17. The van der Waals surface area contributed by atoms with Gasteiger partial charge >= 0.3 is 0 Å². The minimum Gasteiger partial charge on any atom is -0.322 e. The molecule has 1 amide bonds. The Labute approximate surface area is 133 Å². The summed E-state index contributed by atoms with van der Waals surface area (Å²) in [6.45, 7) is 6.29. The Morgan fingerprint density at radius 3 is 2.30 bits per heavy atom. The Morgan fingerprint density at radius 2 is 1.75 bits per heavy atom. The van der Waals surface area contributed by atoms with Crippen molar-refractivity contribution in [3.05, 3.63) is 62.7 Å². The van der Waals surface area contributed by atoms with Crippen LogP contribution in [0.4, 0.5) is 5.69 Å². The molecule has 1 N–H and O–H groups in total. The van der Waals surface area contributed by atoms with Gasteiger partial charge in [0.15, 0.2) is 0 Å². The normalized spacial score (nSPS) is 10.7. The molecule has 0 heterocycles. The third-order valence-electron chi connectivity index (χ3n) is 3.28. The van der Waals surface area contributed by atoms with Gasteiger partial charge in [0, 0.05) is 14.8 Å². The first-order valence-corrected chi connectivity index (χ1v) is 7.72. The first-order valence-electron chi connectivity index (χ1n) is 6.65. The van der Waals surface area contributed by atoms with E-state index in [2.05, 4.69) is 47.8 Å². The van der Waals surface area contributed by atoms with Crippen molar-refractivity contribution in [1.29, 1.82) is 0 Å². The van der Waals surface area contributed by atoms with Crippen LogP contribution in [0.15, 0.2) is 42.5 Å². The Bertz CT molecular complexity index is 617. The number of rotatable bonds is 3. The summed E-state index contributed by atoms with van der Waals surface area (Å²) in [6.07, 6.45) is 0. The number of halogens is 1. The first kappa shape index (κ1) is 15.0. The van der Waals surface area contributed by atoms with E-state index in [4.69, 9.17) is 0 Å². The van der Waals surface area contributed by atoms with E-state index in [1.807, 2.05) is 43.3 Å². The summed E-state index contributed by atoms with van der Waals surface area (Å²) in [4.78, 5) is 12.2. The van der Waals surface area contributed by atoms with Crippen molar-refractivity contribution in [2.75, 3.05) is 5.32 Å². The molecular weight excluding hydrogens is 361 g/mol. The predicted octanol–water partition coefficient (Wildman–Crippen LogP) is 4.98. The summed E-state index contributed by atoms with van der Waals surface area (Å²) in [7, 11) is 0. The maximum atomic E-state index is 12.2. The second-order valence-electron chi connectivity index (χ2n) is 5.19. The summed E-state index contributed by atoms with van der Waals surface area (Å²) in [5, 5.41) is 2.96. The van der Waals surface area contributed by atoms with Gasteiger partial charge in [-0.15, -0.1) is 0 Å². The molecule has 0 fully saturated rings. The zero-order chi connectivity index (χ0) is 14.7. The van der Waals surface area contributed by atoms with Crippen molar-refractivity contribution < 1.29 is 4.79 Å². The van der Waals surface area contributed by atoms with Crippen LogP contribution < -0.4 is 5.32 Å². The van der Waals surface area contributed by atoms with Crippen LogP contribution >= 0.6 is 22.6 Å². The van der Waals surface area contributed by atoms with Crippen LogP contribution in [0.5, 0.6) is 0 Å². The largest absolute Gasteiger partial charge is 0.322 e. The van der Waals surface area contributed by atoms with E-state index in [0.717, 1.165) is 11.3 Å². The van der Waals surface area contributed by atoms with E-state index in [1.165, 1.54) is 9.13 Å². The van der Waals surface area contributed by atoms with Gasteiger partial charge in [0.05, 0.1) is 0 Å². The highest BCUT2D eigenvalue weighted by molar-refractivity contribution is 14.1. The molecule has 2 aromatic rings. The van der Waals surface area contributed by atoms with Crippen LogP contribution in [0.25, 0.3) is 0 Å². The van der Waals surface area contributed by atoms with Gasteiger partial charge in [-0.3, -0.25) is 4.79 Å². The number of anilines is 1. The molecule has 20 heavy (non-hydrogen) atoms. The second-order valence-corrected chi connectivity index (χ2v) is 6.44. The summed E-state index contributed by atoms with van der Waals surface area (Å²) >= 11 is 2.26. The zero-order valence-corrected chi connectivity index (χ0v) is 14.1. The number of nitrogens with one attached hydrogen (secondary N) is 1. The minimum atomic E-state index is -0.0652. The molecule has 2 aromatic carbocycles. The Kier molecular flexibility index (Phi) is 4.81. The van der Waals surface area contributed by atoms with Crippen LogP contribution in [0.2, 0.25) is 0 Å². The minimum absolute atomic E-state index is 0.0652. The molecule has 3 heteroatoms. The molecule has 0 aromatic heterocycles. The lowest BCUT2D eigenvalue weighted by Gasteiger charge is -2.10. The van der Waals surface area contributed by atoms with Gasteiger partial charge in [-0.25, -0.2) is 0 Å². The van der Waals surface area contributed by atoms with Crippen LogP contribution in [-0.2, 0) is 0 Å². The fourth-order valence-electron chi connectivity index (χ4n) is 1.98. The average Bonchev–Trinajstić information content (AvgIpc) is 2.42. The van der Waals surface area contributed by atoms with E-state index >= 15 is 0 Å². The smallest absolute Gasteiger partial charge is 0.255 e. The number of amides is 1.